The Kier molecular flexibility index (Phi) is 8.57. The minimum atomic E-state index is -4.68. The number of halogens is 5. The first-order valence-corrected chi connectivity index (χ1v) is 13.1. The molecule has 3 N–H and O–H groups in total. The van der Waals surface area contributed by atoms with E-state index >= 15 is 0 Å². The van der Waals surface area contributed by atoms with Crippen LogP contribution < -0.4 is 10.9 Å². The highest BCUT2D eigenvalue weighted by molar-refractivity contribution is 6.33. The maximum atomic E-state index is 13.4. The molecule has 3 aromatic rings. The molecule has 1 amide bonds. The van der Waals surface area contributed by atoms with Crippen LogP contribution in [0.15, 0.2) is 41.2 Å². The van der Waals surface area contributed by atoms with Gasteiger partial charge in [-0.2, -0.15) is 18.4 Å². The van der Waals surface area contributed by atoms with Gasteiger partial charge in [0.1, 0.15) is 17.4 Å². The van der Waals surface area contributed by atoms with E-state index in [1.54, 1.807) is 6.07 Å². The number of hydrogen-bond acceptors (Lipinski definition) is 4. The summed E-state index contributed by atoms with van der Waals surface area (Å²) in [5, 5.41) is 23.6. The van der Waals surface area contributed by atoms with Crippen LogP contribution in [0, 0.1) is 17.2 Å². The molecule has 0 unspecified atom stereocenters. The molecule has 0 bridgehead atoms. The molecule has 6 nitrogen and oxygen atoms in total. The Morgan fingerprint density at radius 1 is 1.08 bits per heavy atom. The third-order valence-electron chi connectivity index (χ3n) is 6.84. The summed E-state index contributed by atoms with van der Waals surface area (Å²) in [7, 11) is 0. The van der Waals surface area contributed by atoms with Crippen LogP contribution in [0.4, 0.5) is 13.2 Å². The number of amides is 1. The highest BCUT2D eigenvalue weighted by Gasteiger charge is 2.31. The van der Waals surface area contributed by atoms with E-state index < -0.39 is 22.9 Å². The quantitative estimate of drug-likeness (QED) is 0.298. The lowest BCUT2D eigenvalue weighted by Crippen LogP contribution is -2.33. The van der Waals surface area contributed by atoms with Gasteiger partial charge in [-0.3, -0.25) is 9.59 Å². The van der Waals surface area contributed by atoms with Gasteiger partial charge in [-0.05, 0) is 61.2 Å². The van der Waals surface area contributed by atoms with Crippen molar-refractivity contribution in [3.05, 3.63) is 73.5 Å². The van der Waals surface area contributed by atoms with Gasteiger partial charge in [0.05, 0.1) is 11.3 Å². The maximum absolute atomic E-state index is 13.4. The molecular weight excluding hydrogens is 554 g/mol. The maximum Gasteiger partial charge on any atom is 0.416 e. The smallest absolute Gasteiger partial charge is 0.416 e. The normalized spacial score (nSPS) is 14.2. The summed E-state index contributed by atoms with van der Waals surface area (Å²) >= 11 is 12.5. The highest BCUT2D eigenvalue weighted by Crippen LogP contribution is 2.39. The number of alkyl halides is 3. The molecule has 1 aromatic heterocycles. The Morgan fingerprint density at radius 3 is 2.46 bits per heavy atom. The first-order valence-electron chi connectivity index (χ1n) is 12.3. The molecule has 1 aliphatic rings. The number of phenols is 1. The average Bonchev–Trinajstić information content (AvgIpc) is 2.90. The summed E-state index contributed by atoms with van der Waals surface area (Å²) in [6.45, 7) is 0.248. The first-order chi connectivity index (χ1) is 18.5. The number of nitriles is 1. The van der Waals surface area contributed by atoms with Crippen molar-refractivity contribution in [3.8, 4) is 34.2 Å². The van der Waals surface area contributed by atoms with Crippen molar-refractivity contribution < 1.29 is 23.1 Å². The number of hydrogen-bond donors (Lipinski definition) is 3. The SMILES string of the molecule is N#Cc1c(-c2cc(C(F)(F)F)ccc2Cl)cc(-c2cc(Cl)cc(CCNC(=O)C3CCCCC3)c2O)[nH]c1=O. The van der Waals surface area contributed by atoms with E-state index in [1.165, 1.54) is 18.2 Å². The van der Waals surface area contributed by atoms with Crippen molar-refractivity contribution in [2.24, 2.45) is 5.92 Å². The van der Waals surface area contributed by atoms with Gasteiger partial charge in [0, 0.05) is 39.2 Å². The summed E-state index contributed by atoms with van der Waals surface area (Å²) in [6.07, 6.45) is 0.431. The van der Waals surface area contributed by atoms with Crippen LogP contribution in [0.3, 0.4) is 0 Å². The molecule has 11 heteroatoms. The van der Waals surface area contributed by atoms with E-state index in [-0.39, 0.29) is 63.0 Å². The van der Waals surface area contributed by atoms with E-state index in [0.29, 0.717) is 5.56 Å². The third-order valence-corrected chi connectivity index (χ3v) is 7.39. The number of H-pyrrole nitrogens is 1. The second-order valence-electron chi connectivity index (χ2n) is 9.44. The number of nitrogens with one attached hydrogen (secondary N) is 2. The molecule has 4 rings (SSSR count). The number of carbonyl (C=O) groups excluding carboxylic acids is 1. The van der Waals surface area contributed by atoms with Crippen molar-refractivity contribution in [2.75, 3.05) is 6.54 Å². The highest BCUT2D eigenvalue weighted by atomic mass is 35.5. The zero-order valence-electron chi connectivity index (χ0n) is 20.6. The number of carbonyl (C=O) groups is 1. The molecule has 1 aliphatic carbocycles. The molecule has 0 aliphatic heterocycles. The van der Waals surface area contributed by atoms with Gasteiger partial charge in [-0.1, -0.05) is 42.5 Å². The van der Waals surface area contributed by atoms with Crippen LogP contribution in [0.25, 0.3) is 22.4 Å². The summed E-state index contributed by atoms with van der Waals surface area (Å²) < 4.78 is 40.1. The van der Waals surface area contributed by atoms with Crippen LogP contribution in [-0.4, -0.2) is 22.5 Å². The van der Waals surface area contributed by atoms with Gasteiger partial charge in [-0.15, -0.1) is 0 Å². The van der Waals surface area contributed by atoms with Crippen LogP contribution in [0.1, 0.15) is 48.8 Å². The van der Waals surface area contributed by atoms with Crippen molar-refractivity contribution >= 4 is 29.1 Å². The van der Waals surface area contributed by atoms with Gasteiger partial charge in [0.2, 0.25) is 5.91 Å². The van der Waals surface area contributed by atoms with Crippen molar-refractivity contribution in [3.63, 3.8) is 0 Å². The summed E-state index contributed by atoms with van der Waals surface area (Å²) in [5.74, 6) is -0.282. The van der Waals surface area contributed by atoms with E-state index in [1.807, 2.05) is 0 Å². The summed E-state index contributed by atoms with van der Waals surface area (Å²) in [6, 6.07) is 8.51. The molecule has 1 heterocycles. The van der Waals surface area contributed by atoms with Gasteiger partial charge in [0.15, 0.2) is 0 Å². The molecule has 0 spiro atoms. The van der Waals surface area contributed by atoms with Gasteiger partial charge < -0.3 is 15.4 Å². The van der Waals surface area contributed by atoms with Gasteiger partial charge >= 0.3 is 6.18 Å². The van der Waals surface area contributed by atoms with Crippen molar-refractivity contribution in [2.45, 2.75) is 44.7 Å². The lowest BCUT2D eigenvalue weighted by Gasteiger charge is -2.21. The zero-order valence-corrected chi connectivity index (χ0v) is 22.1. The Morgan fingerprint density at radius 2 is 1.79 bits per heavy atom. The average molecular weight is 578 g/mol. The molecule has 1 saturated carbocycles. The third kappa shape index (κ3) is 6.40. The van der Waals surface area contributed by atoms with Crippen LogP contribution >= 0.6 is 23.2 Å². The largest absolute Gasteiger partial charge is 0.507 e. The fraction of sp³-hybridized carbons (Fsp3) is 0.321. The predicted molar refractivity (Wildman–Crippen MR) is 143 cm³/mol. The Hall–Kier alpha value is -3.48. The molecule has 1 fully saturated rings. The molecule has 0 saturated heterocycles. The van der Waals surface area contributed by atoms with E-state index in [4.69, 9.17) is 23.2 Å². The van der Waals surface area contributed by atoms with Crippen LogP contribution in [0.5, 0.6) is 5.75 Å². The van der Waals surface area contributed by atoms with Crippen LogP contribution in [0.2, 0.25) is 10.0 Å². The molecule has 204 valence electrons. The summed E-state index contributed by atoms with van der Waals surface area (Å²) in [5.41, 5.74) is -2.10. The number of phenolic OH excluding ortho intramolecular Hbond substituents is 1. The first kappa shape index (κ1) is 28.5. The molecule has 2 aromatic carbocycles. The number of benzene rings is 2. The number of pyridine rings is 1. The van der Waals surface area contributed by atoms with Crippen LogP contribution in [-0.2, 0) is 17.4 Å². The lowest BCUT2D eigenvalue weighted by molar-refractivity contribution is -0.137. The van der Waals surface area contributed by atoms with E-state index in [9.17, 15) is 33.1 Å². The number of rotatable bonds is 6. The van der Waals surface area contributed by atoms with Crippen molar-refractivity contribution in [1.82, 2.24) is 10.3 Å². The number of nitrogens with zero attached hydrogens (tertiary/aromatic N) is 1. The van der Waals surface area contributed by atoms with Gasteiger partial charge in [0.25, 0.3) is 5.56 Å². The molecule has 0 atom stereocenters. The monoisotopic (exact) mass is 577 g/mol. The molecule has 39 heavy (non-hydrogen) atoms. The zero-order chi connectivity index (χ0) is 28.3. The standard InChI is InChI=1S/C28H24Cl2F3N3O3/c29-18-10-16(8-9-35-26(38)15-4-2-1-3-5-15)25(37)21(12-18)24-13-19(22(14-34)27(39)36-24)20-11-17(28(31,32)33)6-7-23(20)30/h6-7,10-13,15,37H,1-5,8-9H2,(H,35,38)(H,36,39). The van der Waals surface area contributed by atoms with E-state index in [2.05, 4.69) is 10.3 Å². The van der Waals surface area contributed by atoms with Crippen molar-refractivity contribution in [1.29, 1.82) is 5.26 Å². The minimum Gasteiger partial charge on any atom is -0.507 e. The number of aromatic amines is 1. The molecule has 0 radical (unpaired) electrons. The second kappa shape index (κ2) is 11.7. The van der Waals surface area contributed by atoms with E-state index in [0.717, 1.165) is 50.3 Å². The van der Waals surface area contributed by atoms with Gasteiger partial charge in [-0.25, -0.2) is 0 Å². The number of aromatic nitrogens is 1. The minimum absolute atomic E-state index is 0.0212. The Labute approximate surface area is 232 Å². The Balaban J connectivity index is 1.70. The summed E-state index contributed by atoms with van der Waals surface area (Å²) in [4.78, 5) is 27.8. The second-order valence-corrected chi connectivity index (χ2v) is 10.3. The molecular formula is C28H24Cl2F3N3O3. The topological polar surface area (TPSA) is 106 Å². The predicted octanol–water partition coefficient (Wildman–Crippen LogP) is 6.85. The number of aromatic hydroxyl groups is 1. The lowest BCUT2D eigenvalue weighted by atomic mass is 9.88. The fourth-order valence-electron chi connectivity index (χ4n) is 4.82. The fourth-order valence-corrected chi connectivity index (χ4v) is 5.28. The Bertz CT molecular complexity index is 1510.